The van der Waals surface area contributed by atoms with E-state index in [9.17, 15) is 14.9 Å². The van der Waals surface area contributed by atoms with Crippen LogP contribution in [0.2, 0.25) is 0 Å². The second-order valence-corrected chi connectivity index (χ2v) is 7.64. The van der Waals surface area contributed by atoms with Crippen molar-refractivity contribution < 1.29 is 14.2 Å². The number of aromatic nitrogens is 3. The third kappa shape index (κ3) is 3.60. The fourth-order valence-corrected chi connectivity index (χ4v) is 4.10. The largest absolute Gasteiger partial charge is 0.361 e. The number of non-ortho nitro benzene ring substituents is 1. The molecule has 1 fully saturated rings. The molecule has 10 nitrogen and oxygen atoms in total. The molecule has 10 heteroatoms. The minimum absolute atomic E-state index is 0.0265. The number of rotatable bonds is 4. The number of H-pyrrole nitrogens is 1. The number of imidazole rings is 1. The summed E-state index contributed by atoms with van der Waals surface area (Å²) in [5.41, 5.74) is 2.95. The molecule has 158 valence electrons. The second-order valence-electron chi connectivity index (χ2n) is 7.64. The minimum atomic E-state index is -0.421. The highest BCUT2D eigenvalue weighted by molar-refractivity contribution is 5.84. The zero-order chi connectivity index (χ0) is 21.4. The molecule has 1 aliphatic heterocycles. The molecule has 0 saturated carbocycles. The Bertz CT molecular complexity index is 1080. The molecule has 0 aliphatic carbocycles. The third-order valence-corrected chi connectivity index (χ3v) is 5.66. The lowest BCUT2D eigenvalue weighted by molar-refractivity contribution is -0.384. The van der Waals surface area contributed by atoms with Gasteiger partial charge in [-0.15, -0.1) is 0 Å². The number of fused-ring (bicyclic) bond motifs is 1. The molecular formula is C20H24N6O4. The number of amides is 1. The predicted molar refractivity (Wildman–Crippen MR) is 111 cm³/mol. The quantitative estimate of drug-likeness (QED) is 0.516. The number of nitrogens with one attached hydrogen (secondary N) is 1. The van der Waals surface area contributed by atoms with Gasteiger partial charge in [0.2, 0.25) is 11.9 Å². The van der Waals surface area contributed by atoms with E-state index in [1.54, 1.807) is 6.07 Å². The number of hydrogen-bond acceptors (Lipinski definition) is 7. The van der Waals surface area contributed by atoms with Gasteiger partial charge in [0.25, 0.3) is 5.69 Å². The number of nitrogens with zero attached hydrogens (tertiary/aromatic N) is 5. The van der Waals surface area contributed by atoms with E-state index in [0.29, 0.717) is 42.4 Å². The minimum Gasteiger partial charge on any atom is -0.361 e. The average Bonchev–Trinajstić information content (AvgIpc) is 3.19. The van der Waals surface area contributed by atoms with E-state index in [1.165, 1.54) is 12.1 Å². The number of hydrogen-bond donors (Lipinski definition) is 1. The maximum absolute atomic E-state index is 13.1. The smallest absolute Gasteiger partial charge is 0.271 e. The molecule has 2 aromatic heterocycles. The standard InChI is InChI=1S/C20H24N6O4/c1-12(18-13(2)23-30-14(18)3)19(27)24-7-4-8-25(10-9-24)20-21-16-6-5-15(26(28)29)11-17(16)22-20/h5-6,11-12H,4,7-10H2,1-3H3,(H,21,22)/t12-/m0/s1. The Morgan fingerprint density at radius 1 is 1.27 bits per heavy atom. The molecular weight excluding hydrogens is 388 g/mol. The van der Waals surface area contributed by atoms with Crippen LogP contribution >= 0.6 is 0 Å². The summed E-state index contributed by atoms with van der Waals surface area (Å²) in [5, 5.41) is 15.0. The number of carbonyl (C=O) groups is 1. The van der Waals surface area contributed by atoms with Crippen LogP contribution < -0.4 is 4.90 Å². The maximum Gasteiger partial charge on any atom is 0.271 e. The van der Waals surface area contributed by atoms with Crippen molar-refractivity contribution >= 4 is 28.6 Å². The molecule has 1 aliphatic rings. The molecule has 3 heterocycles. The summed E-state index contributed by atoms with van der Waals surface area (Å²) in [6.45, 7) is 8.18. The van der Waals surface area contributed by atoms with Gasteiger partial charge in [-0.2, -0.15) is 0 Å². The Labute approximate surface area is 173 Å². The SMILES string of the molecule is Cc1noc(C)c1[C@H](C)C(=O)N1CCCN(c2nc3ccc([N+](=O)[O-])cc3[nH]2)CC1. The topological polar surface area (TPSA) is 121 Å². The molecule has 0 unspecified atom stereocenters. The Morgan fingerprint density at radius 2 is 2.07 bits per heavy atom. The summed E-state index contributed by atoms with van der Waals surface area (Å²) in [6.07, 6.45) is 0.803. The molecule has 1 amide bonds. The van der Waals surface area contributed by atoms with Gasteiger partial charge in [0.05, 0.1) is 27.6 Å². The van der Waals surface area contributed by atoms with Crippen LogP contribution in [0.5, 0.6) is 0 Å². The Hall–Kier alpha value is -3.43. The first-order chi connectivity index (χ1) is 14.3. The van der Waals surface area contributed by atoms with Crippen molar-refractivity contribution in [1.29, 1.82) is 0 Å². The lowest BCUT2D eigenvalue weighted by Crippen LogP contribution is -2.38. The molecule has 0 radical (unpaired) electrons. The van der Waals surface area contributed by atoms with Crippen LogP contribution in [0.4, 0.5) is 11.6 Å². The molecule has 30 heavy (non-hydrogen) atoms. The average molecular weight is 412 g/mol. The van der Waals surface area contributed by atoms with Gasteiger partial charge in [-0.25, -0.2) is 4.98 Å². The second kappa shape index (κ2) is 7.77. The van der Waals surface area contributed by atoms with Crippen LogP contribution in [0, 0.1) is 24.0 Å². The van der Waals surface area contributed by atoms with Crippen molar-refractivity contribution in [2.24, 2.45) is 0 Å². The Kier molecular flexibility index (Phi) is 5.15. The van der Waals surface area contributed by atoms with Gasteiger partial charge < -0.3 is 19.3 Å². The van der Waals surface area contributed by atoms with Crippen molar-refractivity contribution in [3.8, 4) is 0 Å². The Morgan fingerprint density at radius 3 is 2.77 bits per heavy atom. The van der Waals surface area contributed by atoms with Gasteiger partial charge in [-0.05, 0) is 33.3 Å². The lowest BCUT2D eigenvalue weighted by Gasteiger charge is -2.24. The number of nitro groups is 1. The summed E-state index contributed by atoms with van der Waals surface area (Å²) in [5.74, 6) is 1.10. The first-order valence-electron chi connectivity index (χ1n) is 9.96. The number of carbonyl (C=O) groups excluding carboxylic acids is 1. The molecule has 0 bridgehead atoms. The van der Waals surface area contributed by atoms with Crippen molar-refractivity contribution in [1.82, 2.24) is 20.0 Å². The normalized spacial score (nSPS) is 16.0. The monoisotopic (exact) mass is 412 g/mol. The van der Waals surface area contributed by atoms with Gasteiger partial charge in [-0.1, -0.05) is 5.16 Å². The van der Waals surface area contributed by atoms with Gasteiger partial charge in [-0.3, -0.25) is 14.9 Å². The van der Waals surface area contributed by atoms with Crippen LogP contribution in [0.25, 0.3) is 11.0 Å². The number of aromatic amines is 1. The molecule has 1 aromatic carbocycles. The number of benzene rings is 1. The van der Waals surface area contributed by atoms with E-state index in [4.69, 9.17) is 4.52 Å². The zero-order valence-electron chi connectivity index (χ0n) is 17.2. The first kappa shape index (κ1) is 19.9. The fourth-order valence-electron chi connectivity index (χ4n) is 4.10. The van der Waals surface area contributed by atoms with E-state index in [0.717, 1.165) is 24.2 Å². The van der Waals surface area contributed by atoms with Gasteiger partial charge >= 0.3 is 0 Å². The lowest BCUT2D eigenvalue weighted by atomic mass is 9.98. The molecule has 3 aromatic rings. The van der Waals surface area contributed by atoms with Crippen LogP contribution in [-0.4, -0.2) is 57.0 Å². The third-order valence-electron chi connectivity index (χ3n) is 5.66. The van der Waals surface area contributed by atoms with E-state index in [2.05, 4.69) is 20.0 Å². The summed E-state index contributed by atoms with van der Waals surface area (Å²) in [4.78, 5) is 35.4. The van der Waals surface area contributed by atoms with Crippen molar-refractivity contribution in [2.45, 2.75) is 33.1 Å². The molecule has 0 spiro atoms. The zero-order valence-corrected chi connectivity index (χ0v) is 17.2. The summed E-state index contributed by atoms with van der Waals surface area (Å²) in [6, 6.07) is 4.59. The van der Waals surface area contributed by atoms with E-state index < -0.39 is 4.92 Å². The van der Waals surface area contributed by atoms with Crippen LogP contribution in [0.3, 0.4) is 0 Å². The molecule has 1 saturated heterocycles. The van der Waals surface area contributed by atoms with E-state index in [-0.39, 0.29) is 17.5 Å². The highest BCUT2D eigenvalue weighted by Gasteiger charge is 2.29. The number of aryl methyl sites for hydroxylation is 2. The summed E-state index contributed by atoms with van der Waals surface area (Å²) in [7, 11) is 0. The van der Waals surface area contributed by atoms with Gasteiger partial charge in [0.1, 0.15) is 5.76 Å². The van der Waals surface area contributed by atoms with Crippen molar-refractivity contribution in [3.63, 3.8) is 0 Å². The maximum atomic E-state index is 13.1. The first-order valence-corrected chi connectivity index (χ1v) is 9.96. The molecule has 4 rings (SSSR count). The number of anilines is 1. The number of nitro benzene ring substituents is 1. The van der Waals surface area contributed by atoms with Crippen molar-refractivity contribution in [2.75, 3.05) is 31.1 Å². The van der Waals surface area contributed by atoms with Crippen molar-refractivity contribution in [3.05, 3.63) is 45.3 Å². The molecule has 1 atom stereocenters. The van der Waals surface area contributed by atoms with E-state index in [1.807, 2.05) is 25.7 Å². The van der Waals surface area contributed by atoms with Crippen LogP contribution in [0.1, 0.15) is 36.3 Å². The molecule has 1 N–H and O–H groups in total. The summed E-state index contributed by atoms with van der Waals surface area (Å²) < 4.78 is 5.22. The Balaban J connectivity index is 1.48. The fraction of sp³-hybridized carbons (Fsp3) is 0.450. The highest BCUT2D eigenvalue weighted by Crippen LogP contribution is 2.26. The highest BCUT2D eigenvalue weighted by atomic mass is 16.6. The van der Waals surface area contributed by atoms with Gasteiger partial charge in [0, 0.05) is 43.9 Å². The summed E-state index contributed by atoms with van der Waals surface area (Å²) >= 11 is 0. The van der Waals surface area contributed by atoms with E-state index >= 15 is 0 Å². The van der Waals surface area contributed by atoms with Crippen LogP contribution in [0.15, 0.2) is 22.7 Å². The predicted octanol–water partition coefficient (Wildman–Crippen LogP) is 2.92. The van der Waals surface area contributed by atoms with Gasteiger partial charge in [0.15, 0.2) is 0 Å². The van der Waals surface area contributed by atoms with Crippen LogP contribution in [-0.2, 0) is 4.79 Å².